The molecule has 0 bridgehead atoms. The maximum absolute atomic E-state index is 13.1. The van der Waals surface area contributed by atoms with Gasteiger partial charge in [0.1, 0.15) is 0 Å². The SMILES string of the molecule is Cc1ccccc1-n1ncc(C(=O)N2CCCC(C3OCCO3)C2)c1C. The molecule has 3 heterocycles. The number of para-hydroxylation sites is 1. The minimum atomic E-state index is -0.165. The van der Waals surface area contributed by atoms with Crippen LogP contribution in [0.2, 0.25) is 0 Å². The van der Waals surface area contributed by atoms with E-state index in [1.54, 1.807) is 6.20 Å². The minimum absolute atomic E-state index is 0.0463. The van der Waals surface area contributed by atoms with E-state index in [1.165, 1.54) is 0 Å². The number of aryl methyl sites for hydroxylation is 1. The summed E-state index contributed by atoms with van der Waals surface area (Å²) in [6, 6.07) is 8.07. The lowest BCUT2D eigenvalue weighted by atomic mass is 9.97. The molecule has 6 heteroatoms. The van der Waals surface area contributed by atoms with E-state index in [2.05, 4.69) is 18.1 Å². The second-order valence-electron chi connectivity index (χ2n) is 7.11. The molecule has 0 saturated carbocycles. The fraction of sp³-hybridized carbons (Fsp3) is 0.500. The molecule has 0 radical (unpaired) electrons. The number of nitrogens with zero attached hydrogens (tertiary/aromatic N) is 3. The van der Waals surface area contributed by atoms with Gasteiger partial charge in [-0.05, 0) is 38.3 Å². The number of rotatable bonds is 3. The lowest BCUT2D eigenvalue weighted by Gasteiger charge is -2.34. The van der Waals surface area contributed by atoms with Gasteiger partial charge in [0, 0.05) is 19.0 Å². The van der Waals surface area contributed by atoms with E-state index in [4.69, 9.17) is 9.47 Å². The first-order valence-electron chi connectivity index (χ1n) is 9.28. The third-order valence-corrected chi connectivity index (χ3v) is 5.36. The van der Waals surface area contributed by atoms with Crippen LogP contribution in [0.15, 0.2) is 30.5 Å². The molecule has 4 rings (SSSR count). The van der Waals surface area contributed by atoms with Gasteiger partial charge in [0.15, 0.2) is 6.29 Å². The van der Waals surface area contributed by atoms with Crippen molar-refractivity contribution >= 4 is 5.91 Å². The van der Waals surface area contributed by atoms with Crippen LogP contribution in [-0.2, 0) is 9.47 Å². The molecule has 0 spiro atoms. The average molecular weight is 355 g/mol. The minimum Gasteiger partial charge on any atom is -0.350 e. The van der Waals surface area contributed by atoms with Crippen LogP contribution in [0.1, 0.15) is 34.5 Å². The lowest BCUT2D eigenvalue weighted by molar-refractivity contribution is -0.0969. The van der Waals surface area contributed by atoms with Gasteiger partial charge in [-0.2, -0.15) is 5.10 Å². The average Bonchev–Trinajstić information content (AvgIpc) is 3.32. The molecule has 1 aromatic heterocycles. The molecule has 2 aliphatic heterocycles. The highest BCUT2D eigenvalue weighted by Crippen LogP contribution is 2.27. The molecule has 26 heavy (non-hydrogen) atoms. The topological polar surface area (TPSA) is 56.6 Å². The number of benzene rings is 1. The third kappa shape index (κ3) is 3.15. The molecule has 1 unspecified atom stereocenters. The molecule has 2 aliphatic rings. The van der Waals surface area contributed by atoms with E-state index in [9.17, 15) is 4.79 Å². The second-order valence-corrected chi connectivity index (χ2v) is 7.11. The molecule has 2 saturated heterocycles. The van der Waals surface area contributed by atoms with Crippen LogP contribution in [0, 0.1) is 19.8 Å². The van der Waals surface area contributed by atoms with E-state index >= 15 is 0 Å². The van der Waals surface area contributed by atoms with Gasteiger partial charge in [-0.1, -0.05) is 18.2 Å². The van der Waals surface area contributed by atoms with Crippen molar-refractivity contribution < 1.29 is 14.3 Å². The van der Waals surface area contributed by atoms with E-state index in [1.807, 2.05) is 34.7 Å². The first kappa shape index (κ1) is 17.2. The van der Waals surface area contributed by atoms with Crippen molar-refractivity contribution in [3.8, 4) is 5.69 Å². The molecular weight excluding hydrogens is 330 g/mol. The number of likely N-dealkylation sites (tertiary alicyclic amines) is 1. The summed E-state index contributed by atoms with van der Waals surface area (Å²) in [4.78, 5) is 15.0. The Morgan fingerprint density at radius 1 is 1.19 bits per heavy atom. The zero-order valence-corrected chi connectivity index (χ0v) is 15.4. The summed E-state index contributed by atoms with van der Waals surface area (Å²) in [5.74, 6) is 0.298. The third-order valence-electron chi connectivity index (χ3n) is 5.36. The van der Waals surface area contributed by atoms with Crippen LogP contribution in [0.25, 0.3) is 5.69 Å². The van der Waals surface area contributed by atoms with Crippen molar-refractivity contribution in [2.24, 2.45) is 5.92 Å². The van der Waals surface area contributed by atoms with Gasteiger partial charge >= 0.3 is 0 Å². The number of piperidine rings is 1. The maximum atomic E-state index is 13.1. The summed E-state index contributed by atoms with van der Waals surface area (Å²) in [7, 11) is 0. The Hall–Kier alpha value is -2.18. The van der Waals surface area contributed by atoms with Crippen LogP contribution in [0.3, 0.4) is 0 Å². The first-order valence-corrected chi connectivity index (χ1v) is 9.28. The Balaban J connectivity index is 1.54. The second kappa shape index (κ2) is 7.21. The summed E-state index contributed by atoms with van der Waals surface area (Å²) in [6.07, 6.45) is 3.54. The molecule has 1 aromatic carbocycles. The van der Waals surface area contributed by atoms with Crippen LogP contribution in [-0.4, -0.2) is 53.2 Å². The number of aromatic nitrogens is 2. The van der Waals surface area contributed by atoms with Crippen LogP contribution in [0.5, 0.6) is 0 Å². The van der Waals surface area contributed by atoms with Crippen LogP contribution in [0.4, 0.5) is 0 Å². The van der Waals surface area contributed by atoms with E-state index in [0.29, 0.717) is 25.3 Å². The standard InChI is InChI=1S/C20H25N3O3/c1-14-6-3-4-8-18(14)23-15(2)17(12-21-23)19(24)22-9-5-7-16(13-22)20-25-10-11-26-20/h3-4,6,8,12,16,20H,5,7,9-11,13H2,1-2H3. The van der Waals surface area contributed by atoms with Crippen molar-refractivity contribution in [3.63, 3.8) is 0 Å². The maximum Gasteiger partial charge on any atom is 0.257 e. The highest BCUT2D eigenvalue weighted by atomic mass is 16.7. The fourth-order valence-corrected chi connectivity index (χ4v) is 3.90. The first-order chi connectivity index (χ1) is 12.6. The highest BCUT2D eigenvalue weighted by Gasteiger charge is 2.33. The molecule has 138 valence electrons. The predicted molar refractivity (Wildman–Crippen MR) is 97.4 cm³/mol. The van der Waals surface area contributed by atoms with Crippen molar-refractivity contribution in [2.45, 2.75) is 33.0 Å². The Kier molecular flexibility index (Phi) is 4.78. The normalized spacial score (nSPS) is 21.3. The summed E-state index contributed by atoms with van der Waals surface area (Å²) in [5, 5.41) is 4.48. The van der Waals surface area contributed by atoms with Crippen molar-refractivity contribution in [1.29, 1.82) is 0 Å². The van der Waals surface area contributed by atoms with Crippen LogP contribution >= 0.6 is 0 Å². The zero-order chi connectivity index (χ0) is 18.1. The van der Waals surface area contributed by atoms with Gasteiger partial charge in [0.2, 0.25) is 0 Å². The summed E-state index contributed by atoms with van der Waals surface area (Å²) >= 11 is 0. The number of carbonyl (C=O) groups excluding carboxylic acids is 1. The monoisotopic (exact) mass is 355 g/mol. The van der Waals surface area contributed by atoms with Gasteiger partial charge in [0.25, 0.3) is 5.91 Å². The zero-order valence-electron chi connectivity index (χ0n) is 15.4. The summed E-state index contributed by atoms with van der Waals surface area (Å²) in [6.45, 7) is 6.76. The van der Waals surface area contributed by atoms with Crippen molar-refractivity contribution in [2.75, 3.05) is 26.3 Å². The van der Waals surface area contributed by atoms with E-state index < -0.39 is 0 Å². The largest absolute Gasteiger partial charge is 0.350 e. The van der Waals surface area contributed by atoms with Crippen LogP contribution < -0.4 is 0 Å². The van der Waals surface area contributed by atoms with E-state index in [0.717, 1.165) is 36.3 Å². The quantitative estimate of drug-likeness (QED) is 0.849. The molecule has 1 amide bonds. The highest BCUT2D eigenvalue weighted by molar-refractivity contribution is 5.95. The molecular formula is C20H25N3O3. The molecule has 0 N–H and O–H groups in total. The smallest absolute Gasteiger partial charge is 0.257 e. The fourth-order valence-electron chi connectivity index (χ4n) is 3.90. The molecule has 6 nitrogen and oxygen atoms in total. The lowest BCUT2D eigenvalue weighted by Crippen LogP contribution is -2.44. The molecule has 2 aromatic rings. The molecule has 0 aliphatic carbocycles. The Morgan fingerprint density at radius 3 is 2.73 bits per heavy atom. The molecule has 1 atom stereocenters. The van der Waals surface area contributed by atoms with Gasteiger partial charge in [-0.3, -0.25) is 4.79 Å². The Bertz CT molecular complexity index is 795. The number of ether oxygens (including phenoxy) is 2. The molecule has 2 fully saturated rings. The number of hydrogen-bond donors (Lipinski definition) is 0. The summed E-state index contributed by atoms with van der Waals surface area (Å²) in [5.41, 5.74) is 3.68. The van der Waals surface area contributed by atoms with Crippen molar-refractivity contribution in [3.05, 3.63) is 47.3 Å². The van der Waals surface area contributed by atoms with Gasteiger partial charge in [-0.15, -0.1) is 0 Å². The van der Waals surface area contributed by atoms with Gasteiger partial charge < -0.3 is 14.4 Å². The van der Waals surface area contributed by atoms with Crippen molar-refractivity contribution in [1.82, 2.24) is 14.7 Å². The Morgan fingerprint density at radius 2 is 1.96 bits per heavy atom. The van der Waals surface area contributed by atoms with Gasteiger partial charge in [0.05, 0.1) is 36.4 Å². The van der Waals surface area contributed by atoms with Gasteiger partial charge in [-0.25, -0.2) is 4.68 Å². The number of hydrogen-bond acceptors (Lipinski definition) is 4. The van der Waals surface area contributed by atoms with E-state index in [-0.39, 0.29) is 18.1 Å². The Labute approximate surface area is 153 Å². The summed E-state index contributed by atoms with van der Waals surface area (Å²) < 4.78 is 13.2. The number of amides is 1. The predicted octanol–water partition coefficient (Wildman–Crippen LogP) is 2.71. The number of carbonyl (C=O) groups is 1.